The maximum Gasteiger partial charge on any atom is 0.253 e. The zero-order valence-corrected chi connectivity index (χ0v) is 7.59. The van der Waals surface area contributed by atoms with Crippen molar-refractivity contribution in [3.05, 3.63) is 20.4 Å². The second-order valence-corrected chi connectivity index (χ2v) is 3.24. The van der Waals surface area contributed by atoms with Gasteiger partial charge in [-0.05, 0) is 13.3 Å². The number of nitrogens with one attached hydrogen (secondary N) is 1. The molecule has 1 aliphatic rings. The average molecular weight is 180 g/mol. The van der Waals surface area contributed by atoms with Gasteiger partial charge in [-0.3, -0.25) is 9.59 Å². The predicted octanol–water partition coefficient (Wildman–Crippen LogP) is -0.0755. The Hall–Kier alpha value is -1.32. The summed E-state index contributed by atoms with van der Waals surface area (Å²) in [5.74, 6) is 0. The van der Waals surface area contributed by atoms with E-state index < -0.39 is 0 Å². The minimum Gasteiger partial charge on any atom is -0.380 e. The van der Waals surface area contributed by atoms with Gasteiger partial charge >= 0.3 is 0 Å². The second kappa shape index (κ2) is 2.87. The Labute approximate surface area is 75.9 Å². The van der Waals surface area contributed by atoms with E-state index in [0.717, 1.165) is 26.1 Å². The highest BCUT2D eigenvalue weighted by Crippen LogP contribution is 2.22. The third-order valence-corrected chi connectivity index (χ3v) is 2.49. The monoisotopic (exact) mass is 180 g/mol. The lowest BCUT2D eigenvalue weighted by Gasteiger charge is -2.22. The lowest BCUT2D eigenvalue weighted by molar-refractivity contribution is 0.784. The van der Waals surface area contributed by atoms with Crippen molar-refractivity contribution in [2.45, 2.75) is 13.3 Å². The van der Waals surface area contributed by atoms with E-state index in [2.05, 4.69) is 5.32 Å². The Kier molecular flexibility index (Phi) is 1.83. The molecule has 0 spiro atoms. The quantitative estimate of drug-likeness (QED) is 0.614. The lowest BCUT2D eigenvalue weighted by Crippen LogP contribution is -2.41. The topological polar surface area (TPSA) is 49.4 Å². The molecule has 0 unspecified atom stereocenters. The van der Waals surface area contributed by atoms with Crippen LogP contribution in [0.4, 0.5) is 11.4 Å². The third kappa shape index (κ3) is 1.05. The van der Waals surface area contributed by atoms with Gasteiger partial charge in [0.2, 0.25) is 0 Å². The molecule has 0 amide bonds. The van der Waals surface area contributed by atoms with Gasteiger partial charge in [0.1, 0.15) is 11.4 Å². The molecule has 4 heteroatoms. The first-order valence-electron chi connectivity index (χ1n) is 4.57. The van der Waals surface area contributed by atoms with Gasteiger partial charge in [0.05, 0.1) is 0 Å². The summed E-state index contributed by atoms with van der Waals surface area (Å²) in [6.45, 7) is 4.43. The van der Waals surface area contributed by atoms with E-state index in [0.29, 0.717) is 11.4 Å². The van der Waals surface area contributed by atoms with Crippen LogP contribution in [0.25, 0.3) is 0 Å². The molecule has 1 aromatic rings. The smallest absolute Gasteiger partial charge is 0.253 e. The van der Waals surface area contributed by atoms with Gasteiger partial charge in [-0.15, -0.1) is 0 Å². The van der Waals surface area contributed by atoms with Crippen LogP contribution in [0.2, 0.25) is 0 Å². The van der Waals surface area contributed by atoms with Crippen LogP contribution in [0, 0.1) is 0 Å². The summed E-state index contributed by atoms with van der Waals surface area (Å²) in [7, 11) is 0. The molecule has 0 radical (unpaired) electrons. The van der Waals surface area contributed by atoms with Crippen molar-refractivity contribution < 1.29 is 0 Å². The lowest BCUT2D eigenvalue weighted by atomic mass is 10.2. The molecule has 0 atom stereocenters. The van der Waals surface area contributed by atoms with Gasteiger partial charge in [-0.1, -0.05) is 0 Å². The van der Waals surface area contributed by atoms with Crippen LogP contribution in [0.3, 0.4) is 0 Å². The molecule has 1 N–H and O–H groups in total. The van der Waals surface area contributed by atoms with Crippen molar-refractivity contribution in [3.8, 4) is 0 Å². The van der Waals surface area contributed by atoms with Crippen molar-refractivity contribution in [2.24, 2.45) is 0 Å². The fraction of sp³-hybridized carbons (Fsp3) is 0.556. The van der Waals surface area contributed by atoms with Crippen LogP contribution in [-0.2, 0) is 0 Å². The summed E-state index contributed by atoms with van der Waals surface area (Å²) in [4.78, 5) is 24.3. The summed E-state index contributed by atoms with van der Waals surface area (Å²) < 4.78 is 0. The van der Waals surface area contributed by atoms with Gasteiger partial charge in [0, 0.05) is 19.6 Å². The predicted molar refractivity (Wildman–Crippen MR) is 52.3 cm³/mol. The molecule has 4 nitrogen and oxygen atoms in total. The summed E-state index contributed by atoms with van der Waals surface area (Å²) >= 11 is 0. The average Bonchev–Trinajstić information content (AvgIpc) is 2.36. The fourth-order valence-corrected chi connectivity index (χ4v) is 1.76. The fourth-order valence-electron chi connectivity index (χ4n) is 1.76. The summed E-state index contributed by atoms with van der Waals surface area (Å²) in [5.41, 5.74) is 0.455. The van der Waals surface area contributed by atoms with E-state index in [9.17, 15) is 9.59 Å². The molecule has 13 heavy (non-hydrogen) atoms. The molecule has 0 aliphatic carbocycles. The van der Waals surface area contributed by atoms with E-state index >= 15 is 0 Å². The van der Waals surface area contributed by atoms with E-state index in [4.69, 9.17) is 0 Å². The summed E-state index contributed by atoms with van der Waals surface area (Å²) in [6, 6.07) is 0. The molecule has 2 rings (SSSR count). The molecular formula is C9H12N2O2. The second-order valence-electron chi connectivity index (χ2n) is 3.24. The Morgan fingerprint density at radius 2 is 2.15 bits per heavy atom. The van der Waals surface area contributed by atoms with Gasteiger partial charge in [-0.25, -0.2) is 0 Å². The molecule has 0 aromatic heterocycles. The van der Waals surface area contributed by atoms with Crippen molar-refractivity contribution in [2.75, 3.05) is 29.9 Å². The third-order valence-electron chi connectivity index (χ3n) is 2.49. The molecule has 70 valence electrons. The Morgan fingerprint density at radius 1 is 1.38 bits per heavy atom. The minimum atomic E-state index is -0.352. The largest absolute Gasteiger partial charge is 0.380 e. The van der Waals surface area contributed by atoms with Crippen LogP contribution >= 0.6 is 0 Å². The van der Waals surface area contributed by atoms with Crippen LogP contribution in [0.15, 0.2) is 9.59 Å². The molecule has 0 saturated heterocycles. The van der Waals surface area contributed by atoms with E-state index in [1.165, 1.54) is 0 Å². The van der Waals surface area contributed by atoms with Crippen LogP contribution in [-0.4, -0.2) is 19.6 Å². The Bertz CT molecular complexity index is 390. The molecule has 1 aliphatic heterocycles. The normalized spacial score (nSPS) is 16.5. The maximum atomic E-state index is 11.2. The first-order chi connectivity index (χ1) is 6.25. The van der Waals surface area contributed by atoms with Crippen LogP contribution < -0.4 is 21.1 Å². The van der Waals surface area contributed by atoms with Crippen molar-refractivity contribution in [1.82, 2.24) is 0 Å². The zero-order valence-electron chi connectivity index (χ0n) is 7.59. The number of anilines is 2. The first kappa shape index (κ1) is 8.29. The minimum absolute atomic E-state index is 0.328. The van der Waals surface area contributed by atoms with E-state index in [-0.39, 0.29) is 10.9 Å². The highest BCUT2D eigenvalue weighted by molar-refractivity contribution is 5.75. The van der Waals surface area contributed by atoms with Crippen molar-refractivity contribution in [3.63, 3.8) is 0 Å². The zero-order chi connectivity index (χ0) is 9.42. The van der Waals surface area contributed by atoms with Gasteiger partial charge in [0.15, 0.2) is 0 Å². The number of hydrogen-bond donors (Lipinski definition) is 1. The molecule has 0 fully saturated rings. The molecule has 0 bridgehead atoms. The van der Waals surface area contributed by atoms with Gasteiger partial charge < -0.3 is 10.2 Å². The highest BCUT2D eigenvalue weighted by atomic mass is 16.2. The van der Waals surface area contributed by atoms with E-state index in [1.807, 2.05) is 11.8 Å². The maximum absolute atomic E-state index is 11.2. The van der Waals surface area contributed by atoms with Gasteiger partial charge in [0.25, 0.3) is 10.9 Å². The first-order valence-corrected chi connectivity index (χ1v) is 4.57. The van der Waals surface area contributed by atoms with Gasteiger partial charge in [-0.2, -0.15) is 0 Å². The van der Waals surface area contributed by atoms with Crippen LogP contribution in [0.1, 0.15) is 13.3 Å². The van der Waals surface area contributed by atoms with E-state index in [1.54, 1.807) is 0 Å². The Balaban J connectivity index is 2.44. The van der Waals surface area contributed by atoms with Crippen molar-refractivity contribution >= 4 is 11.4 Å². The molecule has 1 aromatic carbocycles. The number of rotatable bonds is 1. The Morgan fingerprint density at radius 3 is 2.85 bits per heavy atom. The summed E-state index contributed by atoms with van der Waals surface area (Å²) in [6.07, 6.45) is 0.974. The summed E-state index contributed by atoms with van der Waals surface area (Å²) in [5, 5.41) is 2.99. The number of fused-ring (bicyclic) bond motifs is 1. The standard InChI is InChI=1S/C9H12N2O2/c1-2-11-5-3-4-10-6-7(11)9(13)8(6)12/h10H,2-5H2,1H3. The SMILES string of the molecule is CCN1CCCNc2c1c(=O)c2=O. The van der Waals surface area contributed by atoms with Crippen LogP contribution in [0.5, 0.6) is 0 Å². The molecular weight excluding hydrogens is 168 g/mol. The molecule has 0 saturated carbocycles. The highest BCUT2D eigenvalue weighted by Gasteiger charge is 2.26. The van der Waals surface area contributed by atoms with Crippen molar-refractivity contribution in [1.29, 1.82) is 0 Å². The molecule has 1 heterocycles. The number of nitrogens with zero attached hydrogens (tertiary/aromatic N) is 1. The number of hydrogen-bond acceptors (Lipinski definition) is 4.